The van der Waals surface area contributed by atoms with E-state index in [1.165, 1.54) is 25.3 Å². The number of rotatable bonds is 6. The van der Waals surface area contributed by atoms with Gasteiger partial charge in [0.05, 0.1) is 30.7 Å². The molecule has 0 saturated heterocycles. The molecule has 9 heteroatoms. The Kier molecular flexibility index (Phi) is 6.55. The first-order valence-corrected chi connectivity index (χ1v) is 11.6. The summed E-state index contributed by atoms with van der Waals surface area (Å²) in [7, 11) is 2.94. The lowest BCUT2D eigenvalue weighted by atomic mass is 9.99. The molecule has 6 nitrogen and oxygen atoms in total. The van der Waals surface area contributed by atoms with Gasteiger partial charge < -0.3 is 18.6 Å². The molecular weight excluding hydrogens is 487 g/mol. The Hall–Kier alpha value is -3.98. The maximum atomic E-state index is 14.2. The van der Waals surface area contributed by atoms with E-state index >= 15 is 0 Å². The predicted molar refractivity (Wildman–Crippen MR) is 132 cm³/mol. The van der Waals surface area contributed by atoms with Crippen LogP contribution in [0, 0.1) is 0 Å². The van der Waals surface area contributed by atoms with Gasteiger partial charge in [-0.05, 0) is 42.3 Å². The van der Waals surface area contributed by atoms with Gasteiger partial charge in [0.25, 0.3) is 0 Å². The molecule has 192 valence electrons. The van der Waals surface area contributed by atoms with Crippen molar-refractivity contribution in [2.24, 2.45) is 0 Å². The lowest BCUT2D eigenvalue weighted by molar-refractivity contribution is -0.152. The quantitative estimate of drug-likeness (QED) is 0.322. The molecule has 0 spiro atoms. The largest absolute Gasteiger partial charge is 0.497 e. The van der Waals surface area contributed by atoms with Crippen LogP contribution in [0.25, 0.3) is 22.1 Å². The van der Waals surface area contributed by atoms with E-state index in [1.807, 2.05) is 29.2 Å². The van der Waals surface area contributed by atoms with Gasteiger partial charge in [-0.3, -0.25) is 9.69 Å². The van der Waals surface area contributed by atoms with Gasteiger partial charge in [0.2, 0.25) is 11.2 Å². The van der Waals surface area contributed by atoms with Gasteiger partial charge >= 0.3 is 6.18 Å². The molecule has 1 aliphatic heterocycles. The lowest BCUT2D eigenvalue weighted by Crippen LogP contribution is -2.34. The highest BCUT2D eigenvalue weighted by Gasteiger charge is 2.40. The number of ether oxygens (including phenoxy) is 3. The lowest BCUT2D eigenvalue weighted by Gasteiger charge is -2.29. The minimum Gasteiger partial charge on any atom is -0.497 e. The van der Waals surface area contributed by atoms with Crippen LogP contribution in [0.2, 0.25) is 0 Å². The standard InChI is InChI=1S/C28H24F3NO5/c1-34-18-9-7-17(8-10-18)13-14-32-15-21-23(36-16-32)12-11-20-25(33)24(19-5-3-4-6-22(19)35-2)27(28(29,30)31)37-26(20)21/h3-12H,13-16H2,1-2H3. The molecule has 37 heavy (non-hydrogen) atoms. The second-order valence-electron chi connectivity index (χ2n) is 8.68. The molecule has 1 aromatic heterocycles. The van der Waals surface area contributed by atoms with Gasteiger partial charge in [-0.25, -0.2) is 0 Å². The van der Waals surface area contributed by atoms with Crippen LogP contribution in [-0.4, -0.2) is 32.4 Å². The van der Waals surface area contributed by atoms with E-state index in [-0.39, 0.29) is 35.6 Å². The van der Waals surface area contributed by atoms with E-state index in [0.29, 0.717) is 24.3 Å². The first-order chi connectivity index (χ1) is 17.8. The molecule has 0 bridgehead atoms. The summed E-state index contributed by atoms with van der Waals surface area (Å²) in [5.74, 6) is -0.0631. The van der Waals surface area contributed by atoms with Crippen molar-refractivity contribution in [3.05, 3.63) is 87.8 Å². The van der Waals surface area contributed by atoms with E-state index in [2.05, 4.69) is 0 Å². The van der Waals surface area contributed by atoms with E-state index in [1.54, 1.807) is 25.3 Å². The molecule has 4 aromatic rings. The van der Waals surface area contributed by atoms with E-state index in [0.717, 1.165) is 11.3 Å². The monoisotopic (exact) mass is 511 g/mol. The summed E-state index contributed by atoms with van der Waals surface area (Å²) in [6, 6.07) is 16.8. The van der Waals surface area contributed by atoms with Crippen LogP contribution >= 0.6 is 0 Å². The molecule has 0 aliphatic carbocycles. The molecule has 3 aromatic carbocycles. The molecular formula is C28H24F3NO5. The van der Waals surface area contributed by atoms with Crippen molar-refractivity contribution in [3.63, 3.8) is 0 Å². The molecule has 0 atom stereocenters. The number of benzene rings is 3. The smallest absolute Gasteiger partial charge is 0.450 e. The average molecular weight is 511 g/mol. The van der Waals surface area contributed by atoms with Crippen molar-refractivity contribution >= 4 is 11.0 Å². The normalized spacial score (nSPS) is 13.8. The zero-order valence-corrected chi connectivity index (χ0v) is 20.2. The summed E-state index contributed by atoms with van der Waals surface area (Å²) in [6.07, 6.45) is -4.21. The van der Waals surface area contributed by atoms with Gasteiger partial charge in [0.15, 0.2) is 0 Å². The fourth-order valence-electron chi connectivity index (χ4n) is 4.53. The third kappa shape index (κ3) is 4.74. The number of halogens is 3. The van der Waals surface area contributed by atoms with Crippen molar-refractivity contribution < 1.29 is 31.8 Å². The minimum atomic E-state index is -4.91. The van der Waals surface area contributed by atoms with Gasteiger partial charge in [0, 0.05) is 18.7 Å². The van der Waals surface area contributed by atoms with Crippen LogP contribution in [0.3, 0.4) is 0 Å². The molecule has 0 radical (unpaired) electrons. The summed E-state index contributed by atoms with van der Waals surface area (Å²) in [6.45, 7) is 1.14. The first-order valence-electron chi connectivity index (χ1n) is 11.6. The van der Waals surface area contributed by atoms with Gasteiger partial charge in [0.1, 0.15) is 29.6 Å². The number of fused-ring (bicyclic) bond motifs is 3. The molecule has 1 aliphatic rings. The molecule has 0 N–H and O–H groups in total. The summed E-state index contributed by atoms with van der Waals surface area (Å²) in [4.78, 5) is 15.5. The van der Waals surface area contributed by atoms with E-state index < -0.39 is 22.9 Å². The highest BCUT2D eigenvalue weighted by atomic mass is 19.4. The van der Waals surface area contributed by atoms with Crippen molar-refractivity contribution in [2.45, 2.75) is 19.1 Å². The van der Waals surface area contributed by atoms with Crippen LogP contribution < -0.4 is 19.6 Å². The number of hydrogen-bond donors (Lipinski definition) is 0. The number of hydrogen-bond acceptors (Lipinski definition) is 6. The molecule has 0 amide bonds. The van der Waals surface area contributed by atoms with E-state index in [9.17, 15) is 18.0 Å². The van der Waals surface area contributed by atoms with Crippen molar-refractivity contribution in [3.8, 4) is 28.4 Å². The second kappa shape index (κ2) is 9.82. The Labute approximate surface area is 210 Å². The van der Waals surface area contributed by atoms with E-state index in [4.69, 9.17) is 18.6 Å². The third-order valence-corrected chi connectivity index (χ3v) is 6.41. The fourth-order valence-corrected chi connectivity index (χ4v) is 4.53. The van der Waals surface area contributed by atoms with Gasteiger partial charge in [-0.2, -0.15) is 13.2 Å². The van der Waals surface area contributed by atoms with Crippen LogP contribution in [0.5, 0.6) is 17.2 Å². The van der Waals surface area contributed by atoms with Crippen LogP contribution in [0.15, 0.2) is 69.9 Å². The summed E-state index contributed by atoms with van der Waals surface area (Å²) < 4.78 is 64.4. The average Bonchev–Trinajstić information content (AvgIpc) is 2.91. The number of nitrogens with zero attached hydrogens (tertiary/aromatic N) is 1. The zero-order valence-electron chi connectivity index (χ0n) is 20.2. The highest BCUT2D eigenvalue weighted by Crippen LogP contribution is 2.42. The van der Waals surface area contributed by atoms with Crippen LogP contribution in [0.1, 0.15) is 16.9 Å². The summed E-state index contributed by atoms with van der Waals surface area (Å²) in [5, 5.41) is 0.0493. The number of alkyl halides is 3. The Morgan fingerprint density at radius 1 is 0.973 bits per heavy atom. The molecule has 0 saturated carbocycles. The Morgan fingerprint density at radius 2 is 1.73 bits per heavy atom. The fraction of sp³-hybridized carbons (Fsp3) is 0.250. The van der Waals surface area contributed by atoms with Crippen LogP contribution in [0.4, 0.5) is 13.2 Å². The van der Waals surface area contributed by atoms with Crippen molar-refractivity contribution in [2.75, 3.05) is 27.5 Å². The maximum Gasteiger partial charge on any atom is 0.450 e. The predicted octanol–water partition coefficient (Wildman–Crippen LogP) is 5.89. The Morgan fingerprint density at radius 3 is 2.43 bits per heavy atom. The zero-order chi connectivity index (χ0) is 26.2. The second-order valence-corrected chi connectivity index (χ2v) is 8.68. The Bertz CT molecular complexity index is 1500. The van der Waals surface area contributed by atoms with Crippen molar-refractivity contribution in [1.82, 2.24) is 4.90 Å². The summed E-state index contributed by atoms with van der Waals surface area (Å²) in [5.41, 5.74) is 0.0249. The van der Waals surface area contributed by atoms with Crippen LogP contribution in [-0.2, 0) is 19.1 Å². The minimum absolute atomic E-state index is 0.0167. The topological polar surface area (TPSA) is 61.1 Å². The molecule has 5 rings (SSSR count). The number of methoxy groups -OCH3 is 2. The molecule has 0 fully saturated rings. The number of para-hydroxylation sites is 1. The van der Waals surface area contributed by atoms with Gasteiger partial charge in [-0.15, -0.1) is 0 Å². The molecule has 0 unspecified atom stereocenters. The Balaban J connectivity index is 1.55. The maximum absolute atomic E-state index is 14.2. The SMILES string of the molecule is COc1ccc(CCN2COc3ccc4c(=O)c(-c5ccccc5OC)c(C(F)(F)F)oc4c3C2)cc1. The third-order valence-electron chi connectivity index (χ3n) is 6.41. The van der Waals surface area contributed by atoms with Gasteiger partial charge in [-0.1, -0.05) is 30.3 Å². The van der Waals surface area contributed by atoms with Crippen molar-refractivity contribution in [1.29, 1.82) is 0 Å². The summed E-state index contributed by atoms with van der Waals surface area (Å²) >= 11 is 0. The first kappa shape index (κ1) is 24.7. The highest BCUT2D eigenvalue weighted by molar-refractivity contribution is 5.88. The molecule has 2 heterocycles.